The maximum absolute atomic E-state index is 12.0. The number of likely N-dealkylation sites (N-methyl/N-ethyl adjacent to an activating group) is 1. The minimum atomic E-state index is -0.963. The normalized spacial score (nSPS) is 13.4. The molecule has 7 nitrogen and oxygen atoms in total. The van der Waals surface area contributed by atoms with Gasteiger partial charge in [0.25, 0.3) is 0 Å². The number of hydrogen-bond acceptors (Lipinski definition) is 6. The molecule has 0 aliphatic carbocycles. The number of carbonyl (C=O) groups is 2. The molecule has 0 spiro atoms. The van der Waals surface area contributed by atoms with E-state index < -0.39 is 23.3 Å². The highest BCUT2D eigenvalue weighted by Gasteiger charge is 2.27. The summed E-state index contributed by atoms with van der Waals surface area (Å²) in [6.07, 6.45) is 3.76. The van der Waals surface area contributed by atoms with Crippen molar-refractivity contribution < 1.29 is 24.3 Å². The molecule has 1 atom stereocenters. The van der Waals surface area contributed by atoms with E-state index in [0.717, 1.165) is 25.7 Å². The van der Waals surface area contributed by atoms with Gasteiger partial charge in [-0.2, -0.15) is 5.48 Å². The van der Waals surface area contributed by atoms with Gasteiger partial charge < -0.3 is 19.6 Å². The summed E-state index contributed by atoms with van der Waals surface area (Å²) in [5.41, 5.74) is 1.69. The Hall–Kier alpha value is -2.12. The molecule has 1 amide bonds. The van der Waals surface area contributed by atoms with Gasteiger partial charge in [-0.15, -0.1) is 0 Å². The molecule has 29 heavy (non-hydrogen) atoms. The highest BCUT2D eigenvalue weighted by molar-refractivity contribution is 5.89. The third-order valence-electron chi connectivity index (χ3n) is 4.20. The van der Waals surface area contributed by atoms with Crippen molar-refractivity contribution in [2.75, 3.05) is 20.1 Å². The van der Waals surface area contributed by atoms with Crippen LogP contribution in [0.1, 0.15) is 70.2 Å². The van der Waals surface area contributed by atoms with Crippen molar-refractivity contribution in [2.24, 2.45) is 0 Å². The van der Waals surface area contributed by atoms with Crippen molar-refractivity contribution in [1.29, 1.82) is 0 Å². The molecule has 1 unspecified atom stereocenters. The highest BCUT2D eigenvalue weighted by atomic mass is 16.7. The Kier molecular flexibility index (Phi) is 10.1. The van der Waals surface area contributed by atoms with Crippen LogP contribution in [0.25, 0.3) is 0 Å². The molecule has 0 saturated carbocycles. The van der Waals surface area contributed by atoms with E-state index in [1.54, 1.807) is 38.2 Å². The van der Waals surface area contributed by atoms with Crippen LogP contribution >= 0.6 is 0 Å². The van der Waals surface area contributed by atoms with Gasteiger partial charge in [0.2, 0.25) is 0 Å². The molecule has 0 aromatic heterocycles. The van der Waals surface area contributed by atoms with Crippen LogP contribution in [0.15, 0.2) is 30.3 Å². The Morgan fingerprint density at radius 2 is 1.66 bits per heavy atom. The Balaban J connectivity index is 2.12. The van der Waals surface area contributed by atoms with E-state index in [1.165, 1.54) is 4.90 Å². The fourth-order valence-electron chi connectivity index (χ4n) is 2.80. The number of nitrogens with one attached hydrogen (secondary N) is 1. The Morgan fingerprint density at radius 3 is 2.28 bits per heavy atom. The average molecular weight is 409 g/mol. The van der Waals surface area contributed by atoms with Crippen LogP contribution in [-0.2, 0) is 9.57 Å². The van der Waals surface area contributed by atoms with Crippen LogP contribution in [0.4, 0.5) is 4.79 Å². The lowest BCUT2D eigenvalue weighted by atomic mass is 9.97. The number of nitrogens with zero attached hydrogens (tertiary/aromatic N) is 1. The summed E-state index contributed by atoms with van der Waals surface area (Å²) in [6.45, 7) is 7.98. The van der Waals surface area contributed by atoms with Gasteiger partial charge in [0, 0.05) is 13.6 Å². The summed E-state index contributed by atoms with van der Waals surface area (Å²) in [5, 5.41) is 10.5. The second kappa shape index (κ2) is 11.8. The summed E-state index contributed by atoms with van der Waals surface area (Å²) < 4.78 is 5.30. The summed E-state index contributed by atoms with van der Waals surface area (Å²) in [5.74, 6) is -0.393. The molecule has 0 aliphatic heterocycles. The largest absolute Gasteiger partial charge is 0.444 e. The monoisotopic (exact) mass is 408 g/mol. The number of hydroxylamine groups is 1. The quantitative estimate of drug-likeness (QED) is 0.426. The maximum atomic E-state index is 12.0. The predicted octanol–water partition coefficient (Wildman–Crippen LogP) is 3.92. The molecule has 0 bridgehead atoms. The first-order chi connectivity index (χ1) is 13.5. The van der Waals surface area contributed by atoms with Crippen LogP contribution in [0, 0.1) is 0 Å². The Bertz CT molecular complexity index is 626. The van der Waals surface area contributed by atoms with Crippen molar-refractivity contribution in [1.82, 2.24) is 10.4 Å². The van der Waals surface area contributed by atoms with Crippen molar-refractivity contribution >= 4 is 12.1 Å². The lowest BCUT2D eigenvalue weighted by Gasteiger charge is -2.31. The predicted molar refractivity (Wildman–Crippen MR) is 112 cm³/mol. The first-order valence-electron chi connectivity index (χ1n) is 10.2. The highest BCUT2D eigenvalue weighted by Crippen LogP contribution is 2.18. The van der Waals surface area contributed by atoms with E-state index in [4.69, 9.17) is 9.57 Å². The van der Waals surface area contributed by atoms with E-state index in [0.29, 0.717) is 18.5 Å². The van der Waals surface area contributed by atoms with Gasteiger partial charge in [0.05, 0.1) is 17.7 Å². The molecule has 0 fully saturated rings. The topological polar surface area (TPSA) is 88.1 Å². The number of hydrogen-bond donors (Lipinski definition) is 2. The number of carbonyl (C=O) groups excluding carboxylic acids is 2. The number of amides is 1. The van der Waals surface area contributed by atoms with E-state index in [1.807, 2.05) is 26.8 Å². The lowest BCUT2D eigenvalue weighted by Crippen LogP contribution is -2.43. The van der Waals surface area contributed by atoms with Gasteiger partial charge in [-0.05, 0) is 52.7 Å². The smallest absolute Gasteiger partial charge is 0.410 e. The van der Waals surface area contributed by atoms with Crippen LogP contribution in [0.5, 0.6) is 0 Å². The molecule has 0 aliphatic rings. The maximum Gasteiger partial charge on any atom is 0.410 e. The number of rotatable bonds is 11. The van der Waals surface area contributed by atoms with Gasteiger partial charge in [0.1, 0.15) is 5.60 Å². The molecule has 1 aromatic rings. The summed E-state index contributed by atoms with van der Waals surface area (Å²) in [6, 6.07) is 8.83. The third kappa shape index (κ3) is 11.5. The second-order valence-electron chi connectivity index (χ2n) is 8.65. The lowest BCUT2D eigenvalue weighted by molar-refractivity contribution is -0.00781. The number of unbranched alkanes of at least 4 members (excludes halogenated alkanes) is 3. The van der Waals surface area contributed by atoms with Gasteiger partial charge in [-0.3, -0.25) is 0 Å². The van der Waals surface area contributed by atoms with Gasteiger partial charge >= 0.3 is 12.1 Å². The molecule has 0 saturated heterocycles. The van der Waals surface area contributed by atoms with Crippen molar-refractivity contribution in [3.05, 3.63) is 35.9 Å². The van der Waals surface area contributed by atoms with Gasteiger partial charge in [-0.25, -0.2) is 9.59 Å². The van der Waals surface area contributed by atoms with Crippen LogP contribution < -0.4 is 5.48 Å². The second-order valence-corrected chi connectivity index (χ2v) is 8.65. The minimum absolute atomic E-state index is 0.221. The zero-order valence-electron chi connectivity index (χ0n) is 18.4. The number of benzene rings is 1. The van der Waals surface area contributed by atoms with Crippen LogP contribution in [0.2, 0.25) is 0 Å². The zero-order chi connectivity index (χ0) is 21.9. The molecule has 0 heterocycles. The van der Waals surface area contributed by atoms with Gasteiger partial charge in [-0.1, -0.05) is 37.5 Å². The number of ether oxygens (including phenoxy) is 1. The first kappa shape index (κ1) is 24.9. The molecule has 164 valence electrons. The Labute approximate surface area is 174 Å². The van der Waals surface area contributed by atoms with Crippen LogP contribution in [-0.4, -0.2) is 53.4 Å². The Morgan fingerprint density at radius 1 is 1.03 bits per heavy atom. The summed E-state index contributed by atoms with van der Waals surface area (Å²) in [7, 11) is 1.63. The van der Waals surface area contributed by atoms with E-state index in [9.17, 15) is 14.7 Å². The fourth-order valence-corrected chi connectivity index (χ4v) is 2.80. The number of aliphatic hydroxyl groups is 1. The molecular formula is C22H36N2O5. The SMILES string of the molecule is CN(CC(C)(O)CCCCCCNOC(=O)c1ccccc1)C(=O)OC(C)(C)C. The van der Waals surface area contributed by atoms with E-state index in [-0.39, 0.29) is 6.54 Å². The summed E-state index contributed by atoms with van der Waals surface area (Å²) >= 11 is 0. The minimum Gasteiger partial charge on any atom is -0.444 e. The van der Waals surface area contributed by atoms with E-state index >= 15 is 0 Å². The van der Waals surface area contributed by atoms with Crippen molar-refractivity contribution in [3.63, 3.8) is 0 Å². The third-order valence-corrected chi connectivity index (χ3v) is 4.20. The average Bonchev–Trinajstić information content (AvgIpc) is 2.62. The molecular weight excluding hydrogens is 372 g/mol. The van der Waals surface area contributed by atoms with Crippen molar-refractivity contribution in [2.45, 2.75) is 71.0 Å². The molecule has 1 aromatic carbocycles. The standard InChI is InChI=1S/C22H36N2O5/c1-21(2,3)28-20(26)24(5)17-22(4,27)15-11-6-7-12-16-23-29-19(25)18-13-9-8-10-14-18/h8-10,13-14,23,27H,6-7,11-12,15-17H2,1-5H3. The van der Waals surface area contributed by atoms with Gasteiger partial charge in [0.15, 0.2) is 0 Å². The van der Waals surface area contributed by atoms with Crippen LogP contribution in [0.3, 0.4) is 0 Å². The molecule has 2 N–H and O–H groups in total. The first-order valence-corrected chi connectivity index (χ1v) is 10.2. The molecule has 7 heteroatoms. The van der Waals surface area contributed by atoms with Crippen molar-refractivity contribution in [3.8, 4) is 0 Å². The fraction of sp³-hybridized carbons (Fsp3) is 0.636. The zero-order valence-corrected chi connectivity index (χ0v) is 18.4. The molecule has 0 radical (unpaired) electrons. The molecule has 1 rings (SSSR count). The summed E-state index contributed by atoms with van der Waals surface area (Å²) in [4.78, 5) is 30.2. The van der Waals surface area contributed by atoms with E-state index in [2.05, 4.69) is 5.48 Å².